The number of ether oxygens (including phenoxy) is 1. The normalized spacial score (nSPS) is 10.9. The first-order chi connectivity index (χ1) is 9.49. The molecule has 0 unspecified atom stereocenters. The zero-order valence-corrected chi connectivity index (χ0v) is 10.2. The Bertz CT molecular complexity index is 644. The van der Waals surface area contributed by atoms with Crippen LogP contribution in [0.1, 0.15) is 11.1 Å². The summed E-state index contributed by atoms with van der Waals surface area (Å²) in [7, 11) is 0. The molecule has 0 heterocycles. The molecular formula is C15H9F3NO. The third-order valence-electron chi connectivity index (χ3n) is 2.49. The molecule has 0 bridgehead atoms. The second kappa shape index (κ2) is 5.66. The Morgan fingerprint density at radius 2 is 1.65 bits per heavy atom. The number of hydrogen-bond acceptors (Lipinski definition) is 2. The first-order valence-corrected chi connectivity index (χ1v) is 5.67. The second-order valence-corrected chi connectivity index (χ2v) is 3.97. The smallest absolute Gasteiger partial charge is 0.416 e. The van der Waals surface area contributed by atoms with Crippen molar-refractivity contribution in [2.75, 3.05) is 0 Å². The van der Waals surface area contributed by atoms with Crippen LogP contribution in [0.15, 0.2) is 48.5 Å². The van der Waals surface area contributed by atoms with Crippen molar-refractivity contribution in [1.82, 2.24) is 0 Å². The Balaban J connectivity index is 2.22. The Labute approximate surface area is 114 Å². The van der Waals surface area contributed by atoms with E-state index >= 15 is 0 Å². The van der Waals surface area contributed by atoms with Gasteiger partial charge in [-0.3, -0.25) is 0 Å². The van der Waals surface area contributed by atoms with Crippen LogP contribution in [0.3, 0.4) is 0 Å². The lowest BCUT2D eigenvalue weighted by molar-refractivity contribution is -0.137. The van der Waals surface area contributed by atoms with Crippen molar-refractivity contribution < 1.29 is 17.9 Å². The summed E-state index contributed by atoms with van der Waals surface area (Å²) in [5.74, 6) is 0.460. The molecule has 0 saturated heterocycles. The molecular weight excluding hydrogens is 267 g/mol. The van der Waals surface area contributed by atoms with Gasteiger partial charge in [0.2, 0.25) is 0 Å². The molecule has 2 aromatic carbocycles. The molecule has 2 aromatic rings. The van der Waals surface area contributed by atoms with Crippen LogP contribution >= 0.6 is 0 Å². The summed E-state index contributed by atoms with van der Waals surface area (Å²) >= 11 is 0. The molecule has 101 valence electrons. The molecule has 0 aliphatic carbocycles. The van der Waals surface area contributed by atoms with Crippen molar-refractivity contribution in [3.8, 4) is 17.6 Å². The largest absolute Gasteiger partial charge is 0.457 e. The lowest BCUT2D eigenvalue weighted by atomic mass is 10.1. The summed E-state index contributed by atoms with van der Waals surface area (Å²) in [6, 6.07) is 13.0. The van der Waals surface area contributed by atoms with E-state index in [9.17, 15) is 13.2 Å². The van der Waals surface area contributed by atoms with E-state index in [1.54, 1.807) is 24.3 Å². The van der Waals surface area contributed by atoms with Gasteiger partial charge in [-0.2, -0.15) is 18.4 Å². The number of nitriles is 1. The molecule has 1 radical (unpaired) electrons. The monoisotopic (exact) mass is 276 g/mol. The van der Waals surface area contributed by atoms with Gasteiger partial charge in [-0.15, -0.1) is 0 Å². The molecule has 0 aromatic heterocycles. The van der Waals surface area contributed by atoms with Gasteiger partial charge in [0.15, 0.2) is 0 Å². The van der Waals surface area contributed by atoms with Crippen molar-refractivity contribution in [2.24, 2.45) is 0 Å². The average Bonchev–Trinajstić information content (AvgIpc) is 2.39. The topological polar surface area (TPSA) is 33.0 Å². The van der Waals surface area contributed by atoms with E-state index in [0.717, 1.165) is 12.1 Å². The van der Waals surface area contributed by atoms with Crippen LogP contribution in [-0.4, -0.2) is 0 Å². The highest BCUT2D eigenvalue weighted by atomic mass is 19.4. The Morgan fingerprint density at radius 1 is 1.00 bits per heavy atom. The van der Waals surface area contributed by atoms with Gasteiger partial charge in [-0.1, -0.05) is 18.2 Å². The first kappa shape index (κ1) is 13.9. The van der Waals surface area contributed by atoms with Gasteiger partial charge < -0.3 is 4.74 Å². The molecule has 0 spiro atoms. The van der Waals surface area contributed by atoms with Crippen LogP contribution in [-0.2, 0) is 6.18 Å². The van der Waals surface area contributed by atoms with Gasteiger partial charge in [-0.05, 0) is 35.9 Å². The quantitative estimate of drug-likeness (QED) is 0.822. The molecule has 0 aliphatic rings. The highest BCUT2D eigenvalue weighted by Gasteiger charge is 2.30. The summed E-state index contributed by atoms with van der Waals surface area (Å²) in [5, 5.41) is 8.55. The van der Waals surface area contributed by atoms with Gasteiger partial charge >= 0.3 is 6.18 Å². The first-order valence-electron chi connectivity index (χ1n) is 5.67. The van der Waals surface area contributed by atoms with E-state index in [2.05, 4.69) is 0 Å². The van der Waals surface area contributed by atoms with E-state index in [-0.39, 0.29) is 5.75 Å². The van der Waals surface area contributed by atoms with Crippen LogP contribution < -0.4 is 4.74 Å². The number of halogens is 3. The van der Waals surface area contributed by atoms with Gasteiger partial charge in [0.05, 0.1) is 18.1 Å². The Hall–Kier alpha value is -2.48. The maximum absolute atomic E-state index is 12.6. The maximum atomic E-state index is 12.6. The highest BCUT2D eigenvalue weighted by Crippen LogP contribution is 2.32. The van der Waals surface area contributed by atoms with E-state index in [1.165, 1.54) is 18.6 Å². The van der Waals surface area contributed by atoms with Gasteiger partial charge in [0.1, 0.15) is 11.5 Å². The van der Waals surface area contributed by atoms with Gasteiger partial charge in [0, 0.05) is 0 Å². The average molecular weight is 276 g/mol. The van der Waals surface area contributed by atoms with Crippen LogP contribution in [0.2, 0.25) is 0 Å². The van der Waals surface area contributed by atoms with Crippen molar-refractivity contribution in [3.63, 3.8) is 0 Å². The zero-order chi connectivity index (χ0) is 14.6. The predicted octanol–water partition coefficient (Wildman–Crippen LogP) is 4.57. The van der Waals surface area contributed by atoms with E-state index < -0.39 is 11.7 Å². The van der Waals surface area contributed by atoms with Crippen LogP contribution in [0.25, 0.3) is 0 Å². The number of hydrogen-bond donors (Lipinski definition) is 0. The highest BCUT2D eigenvalue weighted by molar-refractivity contribution is 5.39. The molecule has 20 heavy (non-hydrogen) atoms. The number of nitrogens with zero attached hydrogens (tertiary/aromatic N) is 1. The third kappa shape index (κ3) is 3.51. The van der Waals surface area contributed by atoms with E-state index in [1.807, 2.05) is 6.07 Å². The summed E-state index contributed by atoms with van der Waals surface area (Å²) < 4.78 is 43.1. The minimum atomic E-state index is -4.41. The lowest BCUT2D eigenvalue weighted by Crippen LogP contribution is -2.04. The predicted molar refractivity (Wildman–Crippen MR) is 67.0 cm³/mol. The molecule has 2 nitrogen and oxygen atoms in total. The van der Waals surface area contributed by atoms with Crippen LogP contribution in [0.5, 0.6) is 11.5 Å². The molecule has 0 amide bonds. The van der Waals surface area contributed by atoms with E-state index in [0.29, 0.717) is 11.3 Å². The van der Waals surface area contributed by atoms with Crippen LogP contribution in [0, 0.1) is 17.8 Å². The van der Waals surface area contributed by atoms with Crippen molar-refractivity contribution in [2.45, 2.75) is 6.18 Å². The fraction of sp³-hybridized carbons (Fsp3) is 0.0667. The zero-order valence-electron chi connectivity index (χ0n) is 10.2. The number of alkyl halides is 3. The van der Waals surface area contributed by atoms with Crippen molar-refractivity contribution in [3.05, 3.63) is 66.1 Å². The molecule has 0 fully saturated rings. The third-order valence-corrected chi connectivity index (χ3v) is 2.49. The van der Waals surface area contributed by atoms with Gasteiger partial charge in [-0.25, -0.2) is 0 Å². The fourth-order valence-electron chi connectivity index (χ4n) is 1.61. The summed E-state index contributed by atoms with van der Waals surface area (Å²) in [6.45, 7) is 0. The van der Waals surface area contributed by atoms with Gasteiger partial charge in [0.25, 0.3) is 0 Å². The molecule has 0 aliphatic heterocycles. The summed E-state index contributed by atoms with van der Waals surface area (Å²) in [5.41, 5.74) is -0.147. The van der Waals surface area contributed by atoms with Crippen molar-refractivity contribution in [1.29, 1.82) is 5.26 Å². The number of benzene rings is 2. The second-order valence-electron chi connectivity index (χ2n) is 3.97. The summed E-state index contributed by atoms with van der Waals surface area (Å²) in [4.78, 5) is 0. The molecule has 2 rings (SSSR count). The fourth-order valence-corrected chi connectivity index (χ4v) is 1.61. The minimum Gasteiger partial charge on any atom is -0.457 e. The minimum absolute atomic E-state index is 0.0916. The lowest BCUT2D eigenvalue weighted by Gasteiger charge is -2.10. The Morgan fingerprint density at radius 3 is 2.30 bits per heavy atom. The molecule has 0 saturated carbocycles. The molecule has 0 atom stereocenters. The number of rotatable bonds is 3. The molecule has 0 N–H and O–H groups in total. The summed E-state index contributed by atoms with van der Waals surface area (Å²) in [6.07, 6.45) is -3.09. The molecule has 5 heteroatoms. The standard InChI is InChI=1S/C15H9F3NO/c16-15(17,18)12-4-2-6-14(10-12)20-13-5-1-3-11(9-13)7-8-19/h1-7,9-10H. The van der Waals surface area contributed by atoms with Crippen molar-refractivity contribution >= 4 is 0 Å². The van der Waals surface area contributed by atoms with Crippen LogP contribution in [0.4, 0.5) is 13.2 Å². The SMILES string of the molecule is N#C[CH]c1cccc(Oc2cccc(C(F)(F)F)c2)c1. The maximum Gasteiger partial charge on any atom is 0.416 e. The van der Waals surface area contributed by atoms with E-state index in [4.69, 9.17) is 10.00 Å². The Kier molecular flexibility index (Phi) is 3.94.